The molecule has 0 bridgehead atoms. The fraction of sp³-hybridized carbons (Fsp3) is 0.296. The van der Waals surface area contributed by atoms with Crippen LogP contribution in [0.1, 0.15) is 44.0 Å². The van der Waals surface area contributed by atoms with Crippen molar-refractivity contribution in [3.8, 4) is 11.5 Å². The first-order valence-corrected chi connectivity index (χ1v) is 12.0. The lowest BCUT2D eigenvalue weighted by molar-refractivity contribution is 0.284. The molecule has 4 aromatic rings. The van der Waals surface area contributed by atoms with Gasteiger partial charge in [-0.15, -0.1) is 0 Å². The number of hydrogen-bond acceptors (Lipinski definition) is 3. The predicted molar refractivity (Wildman–Crippen MR) is 136 cm³/mol. The molecule has 1 aromatic heterocycles. The van der Waals surface area contributed by atoms with Gasteiger partial charge < -0.3 is 14.0 Å². The van der Waals surface area contributed by atoms with E-state index in [2.05, 4.69) is 42.7 Å². The van der Waals surface area contributed by atoms with E-state index in [1.54, 1.807) is 18.2 Å². The fourth-order valence-electron chi connectivity index (χ4n) is 3.86. The Morgan fingerprint density at radius 1 is 0.879 bits per heavy atom. The molecule has 0 aliphatic rings. The lowest BCUT2D eigenvalue weighted by atomic mass is 10.0. The van der Waals surface area contributed by atoms with Crippen molar-refractivity contribution < 1.29 is 9.47 Å². The predicted octanol–water partition coefficient (Wildman–Crippen LogP) is 7.90. The second-order valence-electron chi connectivity index (χ2n) is 8.28. The molecule has 0 aliphatic heterocycles. The average molecular weight is 483 g/mol. The summed E-state index contributed by atoms with van der Waals surface area (Å²) in [4.78, 5) is 4.79. The summed E-state index contributed by atoms with van der Waals surface area (Å²) in [6.45, 7) is 6.22. The fourth-order valence-corrected chi connectivity index (χ4v) is 4.33. The molecule has 4 nitrogen and oxygen atoms in total. The quantitative estimate of drug-likeness (QED) is 0.215. The Hall–Kier alpha value is -2.69. The van der Waals surface area contributed by atoms with Gasteiger partial charge in [-0.05, 0) is 60.7 Å². The minimum Gasteiger partial charge on any atom is -0.493 e. The first-order chi connectivity index (χ1) is 16.0. The lowest BCUT2D eigenvalue weighted by Gasteiger charge is -2.14. The maximum absolute atomic E-state index is 6.26. The Labute approximate surface area is 205 Å². The number of rotatable bonds is 10. The number of aryl methyl sites for hydroxylation is 1. The maximum Gasteiger partial charge on any atom is 0.147 e. The molecule has 0 unspecified atom stereocenters. The minimum atomic E-state index is 0.328. The molecule has 1 heterocycles. The second kappa shape index (κ2) is 11.0. The number of aromatic nitrogens is 2. The number of halogens is 2. The SMILES string of the molecule is CC(C)c1ccccc1OCCCCn1c(COc2ccc(Cl)cc2Cl)nc2ccccc21. The van der Waals surface area contributed by atoms with Gasteiger partial charge in [-0.1, -0.05) is 67.4 Å². The summed E-state index contributed by atoms with van der Waals surface area (Å²) in [6.07, 6.45) is 1.92. The standard InChI is InChI=1S/C27H28Cl2N2O2/c1-19(2)21-9-3-6-12-25(21)32-16-8-7-15-31-24-11-5-4-10-23(24)30-27(31)18-33-26-14-13-20(28)17-22(26)29/h3-6,9-14,17,19H,7-8,15-16,18H2,1-2H3. The van der Waals surface area contributed by atoms with Gasteiger partial charge in [-0.3, -0.25) is 0 Å². The molecular weight excluding hydrogens is 455 g/mol. The third-order valence-corrected chi connectivity index (χ3v) is 6.09. The summed E-state index contributed by atoms with van der Waals surface area (Å²) in [6, 6.07) is 21.7. The van der Waals surface area contributed by atoms with Crippen molar-refractivity contribution >= 4 is 34.2 Å². The van der Waals surface area contributed by atoms with E-state index in [0.717, 1.165) is 42.0 Å². The van der Waals surface area contributed by atoms with E-state index in [0.29, 0.717) is 34.9 Å². The Morgan fingerprint density at radius 3 is 2.48 bits per heavy atom. The zero-order chi connectivity index (χ0) is 23.2. The number of unbranched alkanes of at least 4 members (excludes halogenated alkanes) is 1. The Bertz CT molecular complexity index is 1220. The van der Waals surface area contributed by atoms with Crippen molar-refractivity contribution in [2.24, 2.45) is 0 Å². The molecule has 6 heteroatoms. The summed E-state index contributed by atoms with van der Waals surface area (Å²) in [5.74, 6) is 2.88. The van der Waals surface area contributed by atoms with E-state index in [1.165, 1.54) is 5.56 Å². The summed E-state index contributed by atoms with van der Waals surface area (Å²) in [5.41, 5.74) is 3.31. The van der Waals surface area contributed by atoms with Crippen molar-refractivity contribution in [2.75, 3.05) is 6.61 Å². The summed E-state index contributed by atoms with van der Waals surface area (Å²) in [5, 5.41) is 1.07. The topological polar surface area (TPSA) is 36.3 Å². The van der Waals surface area contributed by atoms with Crippen LogP contribution >= 0.6 is 23.2 Å². The number of hydrogen-bond donors (Lipinski definition) is 0. The highest BCUT2D eigenvalue weighted by Crippen LogP contribution is 2.29. The van der Waals surface area contributed by atoms with E-state index in [-0.39, 0.29) is 0 Å². The van der Waals surface area contributed by atoms with Crippen LogP contribution in [0.25, 0.3) is 11.0 Å². The van der Waals surface area contributed by atoms with Gasteiger partial charge in [0.15, 0.2) is 0 Å². The van der Waals surface area contributed by atoms with Gasteiger partial charge in [0.25, 0.3) is 0 Å². The molecule has 0 atom stereocenters. The molecule has 0 radical (unpaired) electrons. The van der Waals surface area contributed by atoms with Gasteiger partial charge in [-0.2, -0.15) is 0 Å². The Balaban J connectivity index is 1.40. The molecule has 4 rings (SSSR count). The van der Waals surface area contributed by atoms with Crippen LogP contribution in [0.5, 0.6) is 11.5 Å². The monoisotopic (exact) mass is 482 g/mol. The van der Waals surface area contributed by atoms with E-state index >= 15 is 0 Å². The summed E-state index contributed by atoms with van der Waals surface area (Å²) in [7, 11) is 0. The second-order valence-corrected chi connectivity index (χ2v) is 9.12. The zero-order valence-electron chi connectivity index (χ0n) is 18.9. The molecule has 3 aromatic carbocycles. The molecular formula is C27H28Cl2N2O2. The van der Waals surface area contributed by atoms with E-state index in [4.69, 9.17) is 37.7 Å². The number of para-hydroxylation sites is 3. The third kappa shape index (κ3) is 5.82. The van der Waals surface area contributed by atoms with Crippen molar-refractivity contribution in [1.29, 1.82) is 0 Å². The van der Waals surface area contributed by atoms with Gasteiger partial charge in [0.05, 0.1) is 22.7 Å². The van der Waals surface area contributed by atoms with Crippen molar-refractivity contribution in [3.05, 3.63) is 88.2 Å². The lowest BCUT2D eigenvalue weighted by Crippen LogP contribution is -2.09. The number of imidazole rings is 1. The Kier molecular flexibility index (Phi) is 7.79. The molecule has 0 amide bonds. The van der Waals surface area contributed by atoms with Crippen molar-refractivity contribution in [1.82, 2.24) is 9.55 Å². The molecule has 0 saturated heterocycles. The average Bonchev–Trinajstić information content (AvgIpc) is 3.16. The van der Waals surface area contributed by atoms with Crippen molar-refractivity contribution in [2.45, 2.75) is 45.8 Å². The highest BCUT2D eigenvalue weighted by molar-refractivity contribution is 6.35. The molecule has 0 aliphatic carbocycles. The molecule has 0 N–H and O–H groups in total. The molecule has 33 heavy (non-hydrogen) atoms. The number of fused-ring (bicyclic) bond motifs is 1. The Morgan fingerprint density at radius 2 is 1.67 bits per heavy atom. The highest BCUT2D eigenvalue weighted by Gasteiger charge is 2.12. The third-order valence-electron chi connectivity index (χ3n) is 5.56. The highest BCUT2D eigenvalue weighted by atomic mass is 35.5. The molecule has 0 saturated carbocycles. The smallest absolute Gasteiger partial charge is 0.147 e. The first-order valence-electron chi connectivity index (χ1n) is 11.3. The van der Waals surface area contributed by atoms with Crippen LogP contribution < -0.4 is 9.47 Å². The van der Waals surface area contributed by atoms with Crippen LogP contribution in [0.3, 0.4) is 0 Å². The van der Waals surface area contributed by atoms with Crippen LogP contribution in [0, 0.1) is 0 Å². The number of benzene rings is 3. The van der Waals surface area contributed by atoms with Gasteiger partial charge >= 0.3 is 0 Å². The summed E-state index contributed by atoms with van der Waals surface area (Å²) < 4.78 is 14.3. The maximum atomic E-state index is 6.26. The molecule has 172 valence electrons. The van der Waals surface area contributed by atoms with Gasteiger partial charge in [0.2, 0.25) is 0 Å². The molecule has 0 spiro atoms. The largest absolute Gasteiger partial charge is 0.493 e. The van der Waals surface area contributed by atoms with E-state index in [1.807, 2.05) is 24.3 Å². The van der Waals surface area contributed by atoms with Crippen LogP contribution in [-0.4, -0.2) is 16.2 Å². The van der Waals surface area contributed by atoms with Gasteiger partial charge in [-0.25, -0.2) is 4.98 Å². The van der Waals surface area contributed by atoms with Crippen LogP contribution in [0.4, 0.5) is 0 Å². The normalized spacial score (nSPS) is 11.3. The minimum absolute atomic E-state index is 0.328. The van der Waals surface area contributed by atoms with Crippen molar-refractivity contribution in [3.63, 3.8) is 0 Å². The number of nitrogens with zero attached hydrogens (tertiary/aromatic N) is 2. The van der Waals surface area contributed by atoms with Crippen LogP contribution in [-0.2, 0) is 13.2 Å². The van der Waals surface area contributed by atoms with E-state index in [9.17, 15) is 0 Å². The van der Waals surface area contributed by atoms with Gasteiger partial charge in [0.1, 0.15) is 23.9 Å². The zero-order valence-corrected chi connectivity index (χ0v) is 20.4. The van der Waals surface area contributed by atoms with Crippen LogP contribution in [0.15, 0.2) is 66.7 Å². The first kappa shape index (κ1) is 23.5. The summed E-state index contributed by atoms with van der Waals surface area (Å²) >= 11 is 12.3. The van der Waals surface area contributed by atoms with Crippen LogP contribution in [0.2, 0.25) is 10.0 Å². The molecule has 0 fully saturated rings. The van der Waals surface area contributed by atoms with E-state index < -0.39 is 0 Å². The van der Waals surface area contributed by atoms with Gasteiger partial charge in [0, 0.05) is 11.6 Å². The number of ether oxygens (including phenoxy) is 2.